The Morgan fingerprint density at radius 1 is 1.11 bits per heavy atom. The number of carbonyl (C=O) groups is 2. The molecule has 2 bridgehead atoms. The average Bonchev–Trinajstić information content (AvgIpc) is 2.60. The normalized spacial score (nSPS) is 25.9. The molecule has 0 saturated heterocycles. The van der Waals surface area contributed by atoms with Crippen molar-refractivity contribution in [2.24, 2.45) is 11.3 Å². The van der Waals surface area contributed by atoms with Crippen LogP contribution in [0.3, 0.4) is 0 Å². The third-order valence-corrected chi connectivity index (χ3v) is 6.71. The first-order valence-corrected chi connectivity index (χ1v) is 9.75. The van der Waals surface area contributed by atoms with Gasteiger partial charge in [0.05, 0.1) is 0 Å². The van der Waals surface area contributed by atoms with Gasteiger partial charge >= 0.3 is 0 Å². The molecule has 28 heavy (non-hydrogen) atoms. The van der Waals surface area contributed by atoms with Crippen molar-refractivity contribution < 1.29 is 14.0 Å². The van der Waals surface area contributed by atoms with E-state index in [2.05, 4.69) is 10.6 Å². The van der Waals surface area contributed by atoms with E-state index in [1.807, 2.05) is 19.9 Å². The summed E-state index contributed by atoms with van der Waals surface area (Å²) in [6.07, 6.45) is 2.38. The van der Waals surface area contributed by atoms with Crippen LogP contribution in [0.1, 0.15) is 42.1 Å². The van der Waals surface area contributed by atoms with Gasteiger partial charge in [0.1, 0.15) is 5.82 Å². The van der Waals surface area contributed by atoms with Crippen LogP contribution in [-0.2, 0) is 4.79 Å². The topological polar surface area (TPSA) is 58.2 Å². The number of nitrogens with one attached hydrogen (secondary N) is 2. The lowest BCUT2D eigenvalue weighted by Crippen LogP contribution is -2.77. The molecule has 2 N–H and O–H groups in total. The standard InChI is InChI=1S/C22H22ClFN2O2/c1-13-3-4-15(9-18(13)23)20(28)26-22-10-21(11-22,12-22)14(2)19(27)25-17-7-5-16(24)6-8-17/h3-9,14H,10-12H2,1-2H3,(H,25,27)(H,26,28)/t14-,21?,22?/m1/s1. The number of hydrogen-bond acceptors (Lipinski definition) is 2. The van der Waals surface area contributed by atoms with Gasteiger partial charge in [-0.05, 0) is 73.6 Å². The molecular weight excluding hydrogens is 379 g/mol. The molecule has 0 heterocycles. The van der Waals surface area contributed by atoms with Gasteiger partial charge in [0.2, 0.25) is 5.91 Å². The van der Waals surface area contributed by atoms with E-state index in [0.717, 1.165) is 24.8 Å². The van der Waals surface area contributed by atoms with Crippen LogP contribution in [0.2, 0.25) is 5.02 Å². The summed E-state index contributed by atoms with van der Waals surface area (Å²) in [6, 6.07) is 11.0. The van der Waals surface area contributed by atoms with Crippen molar-refractivity contribution in [3.05, 3.63) is 64.4 Å². The highest BCUT2D eigenvalue weighted by atomic mass is 35.5. The molecule has 3 fully saturated rings. The smallest absolute Gasteiger partial charge is 0.251 e. The van der Waals surface area contributed by atoms with Crippen molar-refractivity contribution in [3.8, 4) is 0 Å². The molecule has 0 aromatic heterocycles. The lowest BCUT2D eigenvalue weighted by molar-refractivity contribution is -0.184. The highest BCUT2D eigenvalue weighted by Crippen LogP contribution is 2.70. The predicted octanol–water partition coefficient (Wildman–Crippen LogP) is 4.71. The molecular formula is C22H22ClFN2O2. The van der Waals surface area contributed by atoms with E-state index in [-0.39, 0.29) is 34.5 Å². The fourth-order valence-corrected chi connectivity index (χ4v) is 4.75. The molecule has 2 amide bonds. The van der Waals surface area contributed by atoms with Crippen molar-refractivity contribution in [2.75, 3.05) is 5.32 Å². The van der Waals surface area contributed by atoms with Crippen molar-refractivity contribution in [2.45, 2.75) is 38.6 Å². The molecule has 3 saturated carbocycles. The van der Waals surface area contributed by atoms with Gasteiger partial charge in [-0.25, -0.2) is 4.39 Å². The molecule has 0 radical (unpaired) electrons. The summed E-state index contributed by atoms with van der Waals surface area (Å²) >= 11 is 6.12. The van der Waals surface area contributed by atoms with Crippen LogP contribution >= 0.6 is 11.6 Å². The van der Waals surface area contributed by atoms with Crippen LogP contribution in [0.5, 0.6) is 0 Å². The number of benzene rings is 2. The molecule has 0 aliphatic heterocycles. The van der Waals surface area contributed by atoms with E-state index >= 15 is 0 Å². The van der Waals surface area contributed by atoms with E-state index in [1.54, 1.807) is 24.3 Å². The number of carbonyl (C=O) groups excluding carboxylic acids is 2. The number of rotatable bonds is 5. The second-order valence-electron chi connectivity index (χ2n) is 8.31. The summed E-state index contributed by atoms with van der Waals surface area (Å²) in [5.74, 6) is -0.710. The highest BCUT2D eigenvalue weighted by Gasteiger charge is 2.71. The fraction of sp³-hybridized carbons (Fsp3) is 0.364. The van der Waals surface area contributed by atoms with Crippen LogP contribution < -0.4 is 10.6 Å². The Morgan fingerprint density at radius 2 is 1.75 bits per heavy atom. The summed E-state index contributed by atoms with van der Waals surface area (Å²) in [6.45, 7) is 3.82. The van der Waals surface area contributed by atoms with Crippen molar-refractivity contribution in [3.63, 3.8) is 0 Å². The average molecular weight is 401 g/mol. The van der Waals surface area contributed by atoms with Gasteiger partial charge in [-0.15, -0.1) is 0 Å². The van der Waals surface area contributed by atoms with Gasteiger partial charge in [0.25, 0.3) is 5.91 Å². The fourth-order valence-electron chi connectivity index (χ4n) is 4.57. The molecule has 146 valence electrons. The number of anilines is 1. The molecule has 2 aromatic rings. The molecule has 1 atom stereocenters. The quantitative estimate of drug-likeness (QED) is 0.763. The SMILES string of the molecule is Cc1ccc(C(=O)NC23CC([C@H](C)C(=O)Nc4ccc(F)cc4)(C2)C3)cc1Cl. The largest absolute Gasteiger partial charge is 0.347 e. The minimum atomic E-state index is -0.335. The number of aryl methyl sites for hydroxylation is 1. The Hall–Kier alpha value is -2.40. The third-order valence-electron chi connectivity index (χ3n) is 6.31. The van der Waals surface area contributed by atoms with Crippen molar-refractivity contribution >= 4 is 29.1 Å². The summed E-state index contributed by atoms with van der Waals surface area (Å²) < 4.78 is 13.0. The Bertz CT molecular complexity index is 938. The lowest BCUT2D eigenvalue weighted by Gasteiger charge is -2.72. The first-order chi connectivity index (χ1) is 13.2. The maximum absolute atomic E-state index is 13.0. The Kier molecular flexibility index (Phi) is 4.46. The lowest BCUT2D eigenvalue weighted by atomic mass is 9.36. The number of hydrogen-bond donors (Lipinski definition) is 2. The molecule has 4 nitrogen and oxygen atoms in total. The highest BCUT2D eigenvalue weighted by molar-refractivity contribution is 6.31. The molecule has 3 aliphatic carbocycles. The second kappa shape index (κ2) is 6.59. The zero-order chi connectivity index (χ0) is 20.1. The number of halogens is 2. The zero-order valence-corrected chi connectivity index (χ0v) is 16.6. The van der Waals surface area contributed by atoms with Gasteiger partial charge in [-0.1, -0.05) is 24.6 Å². The molecule has 0 spiro atoms. The van der Waals surface area contributed by atoms with Crippen LogP contribution in [0, 0.1) is 24.1 Å². The second-order valence-corrected chi connectivity index (χ2v) is 8.72. The predicted molar refractivity (Wildman–Crippen MR) is 107 cm³/mol. The third kappa shape index (κ3) is 3.18. The minimum Gasteiger partial charge on any atom is -0.347 e. The molecule has 0 unspecified atom stereocenters. The first-order valence-electron chi connectivity index (χ1n) is 9.37. The maximum Gasteiger partial charge on any atom is 0.251 e. The van der Waals surface area contributed by atoms with Crippen LogP contribution in [-0.4, -0.2) is 17.4 Å². The Morgan fingerprint density at radius 3 is 2.36 bits per heavy atom. The van der Waals surface area contributed by atoms with Gasteiger partial charge in [0, 0.05) is 27.7 Å². The van der Waals surface area contributed by atoms with E-state index in [4.69, 9.17) is 11.6 Å². The van der Waals surface area contributed by atoms with Crippen molar-refractivity contribution in [1.82, 2.24) is 5.32 Å². The molecule has 3 aliphatic rings. The van der Waals surface area contributed by atoms with Gasteiger partial charge in [-0.2, -0.15) is 0 Å². The summed E-state index contributed by atoms with van der Waals surface area (Å²) in [5.41, 5.74) is 1.80. The molecule has 2 aromatic carbocycles. The van der Waals surface area contributed by atoms with Crippen LogP contribution in [0.15, 0.2) is 42.5 Å². The van der Waals surface area contributed by atoms with Gasteiger partial charge in [0.15, 0.2) is 0 Å². The van der Waals surface area contributed by atoms with Crippen LogP contribution in [0.25, 0.3) is 0 Å². The Labute approximate surface area is 168 Å². The summed E-state index contributed by atoms with van der Waals surface area (Å²) in [4.78, 5) is 25.1. The first kappa shape index (κ1) is 18.9. The molecule has 6 heteroatoms. The minimum absolute atomic E-state index is 0.0671. The van der Waals surface area contributed by atoms with Gasteiger partial charge in [-0.3, -0.25) is 9.59 Å². The maximum atomic E-state index is 13.0. The van der Waals surface area contributed by atoms with E-state index < -0.39 is 0 Å². The molecule has 5 rings (SSSR count). The van der Waals surface area contributed by atoms with E-state index in [0.29, 0.717) is 16.3 Å². The Balaban J connectivity index is 1.34. The zero-order valence-electron chi connectivity index (χ0n) is 15.8. The van der Waals surface area contributed by atoms with E-state index in [9.17, 15) is 14.0 Å². The summed E-state index contributed by atoms with van der Waals surface area (Å²) in [5, 5.41) is 6.55. The van der Waals surface area contributed by atoms with Crippen LogP contribution in [0.4, 0.5) is 10.1 Å². The van der Waals surface area contributed by atoms with Gasteiger partial charge < -0.3 is 10.6 Å². The number of amides is 2. The summed E-state index contributed by atoms with van der Waals surface area (Å²) in [7, 11) is 0. The van der Waals surface area contributed by atoms with Crippen molar-refractivity contribution in [1.29, 1.82) is 0 Å². The monoisotopic (exact) mass is 400 g/mol. The van der Waals surface area contributed by atoms with E-state index in [1.165, 1.54) is 12.1 Å².